The molecule has 3 nitrogen and oxygen atoms in total. The van der Waals surface area contributed by atoms with Crippen LogP contribution >= 0.6 is 11.3 Å². The van der Waals surface area contributed by atoms with E-state index in [0.717, 1.165) is 17.4 Å². The minimum Gasteiger partial charge on any atom is -0.494 e. The predicted octanol–water partition coefficient (Wildman–Crippen LogP) is 6.12. The number of anilines is 1. The molecule has 0 bridgehead atoms. The highest BCUT2D eigenvalue weighted by molar-refractivity contribution is 7.13. The van der Waals surface area contributed by atoms with Crippen LogP contribution in [0.2, 0.25) is 0 Å². The van der Waals surface area contributed by atoms with Gasteiger partial charge in [-0.3, -0.25) is 0 Å². The molecule has 0 spiro atoms. The van der Waals surface area contributed by atoms with Crippen LogP contribution in [-0.2, 0) is 12.6 Å². The molecule has 2 N–H and O–H groups in total. The van der Waals surface area contributed by atoms with Crippen LogP contribution in [0.4, 0.5) is 18.3 Å². The van der Waals surface area contributed by atoms with Crippen LogP contribution in [0.1, 0.15) is 29.5 Å². The van der Waals surface area contributed by atoms with Crippen molar-refractivity contribution in [2.24, 2.45) is 0 Å². The summed E-state index contributed by atoms with van der Waals surface area (Å²) in [5.41, 5.74) is 7.43. The molecule has 0 aliphatic heterocycles. The highest BCUT2D eigenvalue weighted by Crippen LogP contribution is 2.38. The number of unbranched alkanes of at least 4 members (excludes halogenated alkanes) is 1. The van der Waals surface area contributed by atoms with Crippen LogP contribution in [0, 0.1) is 6.92 Å². The van der Waals surface area contributed by atoms with Crippen molar-refractivity contribution >= 4 is 16.5 Å². The number of halogens is 3. The van der Waals surface area contributed by atoms with Crippen molar-refractivity contribution in [2.45, 2.75) is 32.4 Å². The normalized spacial score (nSPS) is 11.6. The Kier molecular flexibility index (Phi) is 6.24. The number of nitrogen functional groups attached to an aromatic ring is 1. The van der Waals surface area contributed by atoms with Crippen molar-refractivity contribution in [3.05, 3.63) is 64.5 Å². The summed E-state index contributed by atoms with van der Waals surface area (Å²) in [5, 5.41) is 2.03. The lowest BCUT2D eigenvalue weighted by Gasteiger charge is -2.16. The quantitative estimate of drug-likeness (QED) is 0.481. The summed E-state index contributed by atoms with van der Waals surface area (Å²) in [6.07, 6.45) is -2.89. The average molecular weight is 406 g/mol. The molecule has 7 heteroatoms. The van der Waals surface area contributed by atoms with Crippen LogP contribution in [0.15, 0.2) is 47.8 Å². The van der Waals surface area contributed by atoms with Gasteiger partial charge in [-0.05, 0) is 49.9 Å². The molecule has 0 aliphatic carbocycles. The number of hydrogen-bond acceptors (Lipinski definition) is 4. The minimum absolute atomic E-state index is 0.260. The van der Waals surface area contributed by atoms with E-state index in [1.54, 1.807) is 11.4 Å². The Morgan fingerprint density at radius 3 is 2.46 bits per heavy atom. The SMILES string of the molecule is Cc1ccc(OCCCCc2c(-c3csc(N)n3)cccc2C(F)(F)F)cc1. The Morgan fingerprint density at radius 1 is 1.07 bits per heavy atom. The molecule has 148 valence electrons. The van der Waals surface area contributed by atoms with Crippen LogP contribution in [0.3, 0.4) is 0 Å². The molecule has 28 heavy (non-hydrogen) atoms. The fourth-order valence-electron chi connectivity index (χ4n) is 3.00. The summed E-state index contributed by atoms with van der Waals surface area (Å²) in [6.45, 7) is 2.45. The summed E-state index contributed by atoms with van der Waals surface area (Å²) in [7, 11) is 0. The zero-order chi connectivity index (χ0) is 20.1. The smallest absolute Gasteiger partial charge is 0.416 e. The molecular formula is C21H21F3N2OS. The van der Waals surface area contributed by atoms with Gasteiger partial charge < -0.3 is 10.5 Å². The van der Waals surface area contributed by atoms with E-state index in [4.69, 9.17) is 10.5 Å². The lowest BCUT2D eigenvalue weighted by molar-refractivity contribution is -0.138. The van der Waals surface area contributed by atoms with E-state index in [1.807, 2.05) is 31.2 Å². The number of hydrogen-bond donors (Lipinski definition) is 1. The zero-order valence-corrected chi connectivity index (χ0v) is 16.2. The fourth-order valence-corrected chi connectivity index (χ4v) is 3.56. The number of aryl methyl sites for hydroxylation is 1. The second-order valence-electron chi connectivity index (χ2n) is 6.52. The minimum atomic E-state index is -4.41. The van der Waals surface area contributed by atoms with Gasteiger partial charge in [-0.15, -0.1) is 11.3 Å². The molecule has 3 aromatic rings. The number of nitrogens with zero attached hydrogens (tertiary/aromatic N) is 1. The average Bonchev–Trinajstić information content (AvgIpc) is 3.08. The summed E-state index contributed by atoms with van der Waals surface area (Å²) >= 11 is 1.22. The highest BCUT2D eigenvalue weighted by Gasteiger charge is 2.34. The molecule has 0 fully saturated rings. The fraction of sp³-hybridized carbons (Fsp3) is 0.286. The molecule has 0 saturated heterocycles. The molecular weight excluding hydrogens is 385 g/mol. The first-order valence-electron chi connectivity index (χ1n) is 8.94. The first-order chi connectivity index (χ1) is 13.3. The highest BCUT2D eigenvalue weighted by atomic mass is 32.1. The van der Waals surface area contributed by atoms with Gasteiger partial charge in [0.2, 0.25) is 0 Å². The van der Waals surface area contributed by atoms with Crippen molar-refractivity contribution < 1.29 is 17.9 Å². The topological polar surface area (TPSA) is 48.1 Å². The zero-order valence-electron chi connectivity index (χ0n) is 15.4. The first kappa shape index (κ1) is 20.2. The number of nitrogens with two attached hydrogens (primary N) is 1. The summed E-state index contributed by atoms with van der Waals surface area (Å²) < 4.78 is 46.2. The van der Waals surface area contributed by atoms with E-state index < -0.39 is 11.7 Å². The molecule has 1 aromatic heterocycles. The second-order valence-corrected chi connectivity index (χ2v) is 7.41. The molecule has 3 rings (SSSR count). The first-order valence-corrected chi connectivity index (χ1v) is 9.82. The maximum Gasteiger partial charge on any atom is 0.416 e. The monoisotopic (exact) mass is 406 g/mol. The third kappa shape index (κ3) is 5.04. The number of ether oxygens (including phenoxy) is 1. The van der Waals surface area contributed by atoms with Crippen molar-refractivity contribution in [2.75, 3.05) is 12.3 Å². The number of thiazole rings is 1. The van der Waals surface area contributed by atoms with Crippen molar-refractivity contribution in [1.29, 1.82) is 0 Å². The van der Waals surface area contributed by atoms with Crippen molar-refractivity contribution in [3.8, 4) is 17.0 Å². The van der Waals surface area contributed by atoms with Gasteiger partial charge in [0.25, 0.3) is 0 Å². The summed E-state index contributed by atoms with van der Waals surface area (Å²) in [5.74, 6) is 0.764. The maximum absolute atomic E-state index is 13.5. The molecule has 0 unspecified atom stereocenters. The van der Waals surface area contributed by atoms with Gasteiger partial charge in [0, 0.05) is 10.9 Å². The van der Waals surface area contributed by atoms with Gasteiger partial charge in [0.15, 0.2) is 5.13 Å². The van der Waals surface area contributed by atoms with E-state index in [-0.39, 0.29) is 5.56 Å². The number of benzene rings is 2. The van der Waals surface area contributed by atoms with E-state index in [1.165, 1.54) is 17.4 Å². The van der Waals surface area contributed by atoms with E-state index in [0.29, 0.717) is 42.3 Å². The number of alkyl halides is 3. The lowest BCUT2D eigenvalue weighted by Crippen LogP contribution is -2.11. The van der Waals surface area contributed by atoms with Gasteiger partial charge >= 0.3 is 6.18 Å². The molecule has 1 heterocycles. The Balaban J connectivity index is 1.70. The van der Waals surface area contributed by atoms with E-state index in [2.05, 4.69) is 4.98 Å². The summed E-state index contributed by atoms with van der Waals surface area (Å²) in [6, 6.07) is 11.9. The molecule has 0 radical (unpaired) electrons. The van der Waals surface area contributed by atoms with Crippen LogP contribution < -0.4 is 10.5 Å². The van der Waals surface area contributed by atoms with Crippen LogP contribution in [0.25, 0.3) is 11.3 Å². The largest absolute Gasteiger partial charge is 0.494 e. The Morgan fingerprint density at radius 2 is 1.82 bits per heavy atom. The third-order valence-electron chi connectivity index (χ3n) is 4.39. The molecule has 0 saturated carbocycles. The molecule has 2 aromatic carbocycles. The molecule has 0 atom stereocenters. The Labute approximate surface area is 166 Å². The molecule has 0 aliphatic rings. The van der Waals surface area contributed by atoms with E-state index in [9.17, 15) is 13.2 Å². The van der Waals surface area contributed by atoms with E-state index >= 15 is 0 Å². The van der Waals surface area contributed by atoms with Crippen LogP contribution in [-0.4, -0.2) is 11.6 Å². The predicted molar refractivity (Wildman–Crippen MR) is 107 cm³/mol. The van der Waals surface area contributed by atoms with Gasteiger partial charge in [0.1, 0.15) is 5.75 Å². The Bertz CT molecular complexity index is 920. The standard InChI is InChI=1S/C21H21F3N2OS/c1-14-8-10-15(11-9-14)27-12-3-2-5-16-17(19-13-28-20(25)26-19)6-4-7-18(16)21(22,23)24/h4,6-11,13H,2-3,5,12H2,1H3,(H2,25,26). The summed E-state index contributed by atoms with van der Waals surface area (Å²) in [4.78, 5) is 4.16. The molecule has 0 amide bonds. The van der Waals surface area contributed by atoms with Gasteiger partial charge in [-0.25, -0.2) is 4.98 Å². The van der Waals surface area contributed by atoms with Gasteiger partial charge in [0.05, 0.1) is 17.9 Å². The van der Waals surface area contributed by atoms with Crippen molar-refractivity contribution in [1.82, 2.24) is 4.98 Å². The third-order valence-corrected chi connectivity index (χ3v) is 5.06. The Hall–Kier alpha value is -2.54. The lowest BCUT2D eigenvalue weighted by atomic mass is 9.94. The maximum atomic E-state index is 13.5. The number of rotatable bonds is 7. The van der Waals surface area contributed by atoms with Crippen LogP contribution in [0.5, 0.6) is 5.75 Å². The van der Waals surface area contributed by atoms with Crippen molar-refractivity contribution in [3.63, 3.8) is 0 Å². The number of aromatic nitrogens is 1. The van der Waals surface area contributed by atoms with Gasteiger partial charge in [-0.2, -0.15) is 13.2 Å². The second kappa shape index (κ2) is 8.65. The van der Waals surface area contributed by atoms with Gasteiger partial charge in [-0.1, -0.05) is 29.8 Å².